The molecule has 1 aromatic heterocycles. The zero-order valence-electron chi connectivity index (χ0n) is 10.7. The maximum absolute atomic E-state index is 11.3. The van der Waals surface area contributed by atoms with Crippen molar-refractivity contribution >= 4 is 38.6 Å². The van der Waals surface area contributed by atoms with E-state index in [0.29, 0.717) is 0 Å². The molecule has 0 radical (unpaired) electrons. The Hall–Kier alpha value is -1.52. The molecule has 0 aliphatic rings. The van der Waals surface area contributed by atoms with Crippen LogP contribution < -0.4 is 5.69 Å². The fourth-order valence-corrected chi connectivity index (χ4v) is 3.17. The molecule has 0 aliphatic heterocycles. The monoisotopic (exact) mass is 350 g/mol. The van der Waals surface area contributed by atoms with Gasteiger partial charge in [-0.1, -0.05) is 28.1 Å². The van der Waals surface area contributed by atoms with Crippen LogP contribution in [0, 0.1) is 6.92 Å². The number of alkyl halides is 1. The van der Waals surface area contributed by atoms with Gasteiger partial charge in [0, 0.05) is 4.47 Å². The average Bonchev–Trinajstić information content (AvgIpc) is 2.77. The van der Waals surface area contributed by atoms with E-state index in [1.807, 2.05) is 43.3 Å². The molecule has 2 aromatic carbocycles. The molecule has 0 amide bonds. The van der Waals surface area contributed by atoms with Crippen LogP contribution in [-0.2, 0) is 0 Å². The fraction of sp³-hybridized carbons (Fsp3) is 0.133. The number of aromatic amines is 2. The van der Waals surface area contributed by atoms with Crippen molar-refractivity contribution in [3.63, 3.8) is 0 Å². The molecule has 0 aliphatic carbocycles. The van der Waals surface area contributed by atoms with Crippen LogP contribution in [-0.4, -0.2) is 9.97 Å². The summed E-state index contributed by atoms with van der Waals surface area (Å²) in [7, 11) is 0. The van der Waals surface area contributed by atoms with Crippen molar-refractivity contribution in [1.29, 1.82) is 0 Å². The minimum absolute atomic E-state index is 0.205. The molecule has 102 valence electrons. The van der Waals surface area contributed by atoms with Gasteiger partial charge in [0.05, 0.1) is 16.4 Å². The van der Waals surface area contributed by atoms with Crippen LogP contribution in [0.2, 0.25) is 0 Å². The minimum Gasteiger partial charge on any atom is -0.306 e. The number of H-pyrrole nitrogens is 2. The summed E-state index contributed by atoms with van der Waals surface area (Å²) in [5.74, 6) is 0. The van der Waals surface area contributed by atoms with Gasteiger partial charge in [0.25, 0.3) is 0 Å². The first-order valence-electron chi connectivity index (χ1n) is 6.16. The van der Waals surface area contributed by atoms with Crippen molar-refractivity contribution in [2.75, 3.05) is 0 Å². The lowest BCUT2D eigenvalue weighted by molar-refractivity contribution is 1.11. The highest BCUT2D eigenvalue weighted by atomic mass is 79.9. The second-order valence-corrected chi connectivity index (χ2v) is 6.10. The predicted octanol–water partition coefficient (Wildman–Crippen LogP) is 4.26. The SMILES string of the molecule is Cc1cc(Br)ccc1C(Cl)c1ccc2[nH]c(=O)[nH]c2c1. The standard InChI is InChI=1S/C15H12BrClN2O/c1-8-6-10(16)3-4-11(8)14(17)9-2-5-12-13(7-9)19-15(20)18-12/h2-7,14H,1H3,(H2,18,19,20). The van der Waals surface area contributed by atoms with E-state index in [2.05, 4.69) is 25.9 Å². The van der Waals surface area contributed by atoms with Gasteiger partial charge < -0.3 is 9.97 Å². The summed E-state index contributed by atoms with van der Waals surface area (Å²) in [6, 6.07) is 11.8. The Kier molecular flexibility index (Phi) is 3.44. The summed E-state index contributed by atoms with van der Waals surface area (Å²) in [6.07, 6.45) is 0. The molecule has 1 atom stereocenters. The lowest BCUT2D eigenvalue weighted by Crippen LogP contribution is -1.99. The number of imidazole rings is 1. The zero-order chi connectivity index (χ0) is 14.3. The third-order valence-corrected chi connectivity index (χ3v) is 4.32. The first-order valence-corrected chi connectivity index (χ1v) is 7.39. The second kappa shape index (κ2) is 5.11. The molecule has 1 heterocycles. The van der Waals surface area contributed by atoms with Crippen LogP contribution in [0.5, 0.6) is 0 Å². The molecule has 3 aromatic rings. The molecule has 0 saturated heterocycles. The highest BCUT2D eigenvalue weighted by molar-refractivity contribution is 9.10. The number of aromatic nitrogens is 2. The summed E-state index contributed by atoms with van der Waals surface area (Å²) in [5, 5.41) is -0.245. The van der Waals surface area contributed by atoms with Crippen LogP contribution in [0.3, 0.4) is 0 Å². The summed E-state index contributed by atoms with van der Waals surface area (Å²) < 4.78 is 1.04. The number of nitrogens with one attached hydrogen (secondary N) is 2. The van der Waals surface area contributed by atoms with E-state index in [1.54, 1.807) is 0 Å². The molecule has 3 nitrogen and oxygen atoms in total. The molecule has 1 unspecified atom stereocenters. The highest BCUT2D eigenvalue weighted by Crippen LogP contribution is 2.33. The van der Waals surface area contributed by atoms with Gasteiger partial charge in [0.2, 0.25) is 0 Å². The maximum Gasteiger partial charge on any atom is 0.323 e. The quantitative estimate of drug-likeness (QED) is 0.666. The van der Waals surface area contributed by atoms with E-state index in [-0.39, 0.29) is 11.1 Å². The summed E-state index contributed by atoms with van der Waals surface area (Å²) in [5.41, 5.74) is 4.50. The van der Waals surface area contributed by atoms with Gasteiger partial charge in [-0.2, -0.15) is 0 Å². The van der Waals surface area contributed by atoms with E-state index in [0.717, 1.165) is 32.2 Å². The van der Waals surface area contributed by atoms with E-state index < -0.39 is 0 Å². The molecule has 3 rings (SSSR count). The number of halogens is 2. The van der Waals surface area contributed by atoms with Crippen molar-refractivity contribution in [2.45, 2.75) is 12.3 Å². The Bertz CT molecular complexity index is 837. The number of hydrogen-bond acceptors (Lipinski definition) is 1. The van der Waals surface area contributed by atoms with Crippen LogP contribution in [0.25, 0.3) is 11.0 Å². The molecular weight excluding hydrogens is 340 g/mol. The Balaban J connectivity index is 2.06. The van der Waals surface area contributed by atoms with Crippen LogP contribution >= 0.6 is 27.5 Å². The van der Waals surface area contributed by atoms with Gasteiger partial charge in [-0.3, -0.25) is 0 Å². The molecule has 0 bridgehead atoms. The largest absolute Gasteiger partial charge is 0.323 e. The number of benzene rings is 2. The molecule has 0 saturated carbocycles. The highest BCUT2D eigenvalue weighted by Gasteiger charge is 2.14. The molecular formula is C15H12BrClN2O. The van der Waals surface area contributed by atoms with Crippen molar-refractivity contribution in [1.82, 2.24) is 9.97 Å². The molecule has 2 N–H and O–H groups in total. The number of fused-ring (bicyclic) bond motifs is 1. The first-order chi connectivity index (χ1) is 9.54. The predicted molar refractivity (Wildman–Crippen MR) is 85.5 cm³/mol. The third kappa shape index (κ3) is 2.41. The van der Waals surface area contributed by atoms with Gasteiger partial charge in [-0.15, -0.1) is 11.6 Å². The minimum atomic E-state index is -0.245. The van der Waals surface area contributed by atoms with Crippen LogP contribution in [0.4, 0.5) is 0 Å². The average molecular weight is 352 g/mol. The van der Waals surface area contributed by atoms with Gasteiger partial charge in [0.1, 0.15) is 0 Å². The molecule has 0 spiro atoms. The smallest absolute Gasteiger partial charge is 0.306 e. The number of aryl methyl sites for hydroxylation is 1. The number of rotatable bonds is 2. The maximum atomic E-state index is 11.3. The molecule has 0 fully saturated rings. The Morgan fingerprint density at radius 2 is 1.85 bits per heavy atom. The third-order valence-electron chi connectivity index (χ3n) is 3.34. The van der Waals surface area contributed by atoms with Gasteiger partial charge in [-0.25, -0.2) is 4.79 Å². The fourth-order valence-electron chi connectivity index (χ4n) is 2.31. The van der Waals surface area contributed by atoms with E-state index in [1.165, 1.54) is 0 Å². The van der Waals surface area contributed by atoms with Gasteiger partial charge in [-0.05, 0) is 47.9 Å². The normalized spacial score (nSPS) is 12.8. The zero-order valence-corrected chi connectivity index (χ0v) is 13.0. The lowest BCUT2D eigenvalue weighted by Gasteiger charge is -2.13. The van der Waals surface area contributed by atoms with Crippen molar-refractivity contribution in [2.24, 2.45) is 0 Å². The van der Waals surface area contributed by atoms with E-state index >= 15 is 0 Å². The summed E-state index contributed by atoms with van der Waals surface area (Å²) in [4.78, 5) is 16.8. The van der Waals surface area contributed by atoms with Gasteiger partial charge in [0.15, 0.2) is 0 Å². The Morgan fingerprint density at radius 3 is 2.60 bits per heavy atom. The van der Waals surface area contributed by atoms with Crippen LogP contribution in [0.15, 0.2) is 45.7 Å². The molecule has 20 heavy (non-hydrogen) atoms. The van der Waals surface area contributed by atoms with Crippen molar-refractivity contribution in [3.05, 3.63) is 68.0 Å². The first kappa shape index (κ1) is 13.5. The lowest BCUT2D eigenvalue weighted by atomic mass is 10.00. The Morgan fingerprint density at radius 1 is 1.10 bits per heavy atom. The number of hydrogen-bond donors (Lipinski definition) is 2. The Labute approximate surface area is 129 Å². The van der Waals surface area contributed by atoms with Crippen molar-refractivity contribution < 1.29 is 0 Å². The van der Waals surface area contributed by atoms with Crippen molar-refractivity contribution in [3.8, 4) is 0 Å². The summed E-state index contributed by atoms with van der Waals surface area (Å²) >= 11 is 10.0. The summed E-state index contributed by atoms with van der Waals surface area (Å²) in [6.45, 7) is 2.03. The van der Waals surface area contributed by atoms with Gasteiger partial charge >= 0.3 is 5.69 Å². The topological polar surface area (TPSA) is 48.6 Å². The van der Waals surface area contributed by atoms with Crippen LogP contribution in [0.1, 0.15) is 22.1 Å². The van der Waals surface area contributed by atoms with E-state index in [9.17, 15) is 4.79 Å². The molecule has 5 heteroatoms. The van der Waals surface area contributed by atoms with E-state index in [4.69, 9.17) is 11.6 Å². The second-order valence-electron chi connectivity index (χ2n) is 4.75.